The Kier molecular flexibility index (Phi) is 4.79. The molecular formula is C19H26N4. The summed E-state index contributed by atoms with van der Waals surface area (Å²) in [5, 5.41) is 7.01. The van der Waals surface area contributed by atoms with Crippen LogP contribution in [-0.4, -0.2) is 16.0 Å². The smallest absolute Gasteiger partial charge is 0.136 e. The second-order valence-electron chi connectivity index (χ2n) is 6.61. The third-order valence-electron chi connectivity index (χ3n) is 4.44. The minimum Gasteiger partial charge on any atom is -0.367 e. The fourth-order valence-electron chi connectivity index (χ4n) is 3.25. The SMILES string of the molecule is Cc1ccc(Nc2cc(NC3CCCCC3)nc(C)n2)c(C)c1. The van der Waals surface area contributed by atoms with Crippen LogP contribution in [0.2, 0.25) is 0 Å². The summed E-state index contributed by atoms with van der Waals surface area (Å²) >= 11 is 0. The Bertz CT molecular complexity index is 675. The van der Waals surface area contributed by atoms with Gasteiger partial charge in [0.2, 0.25) is 0 Å². The Balaban J connectivity index is 1.76. The van der Waals surface area contributed by atoms with E-state index >= 15 is 0 Å². The van der Waals surface area contributed by atoms with Gasteiger partial charge >= 0.3 is 0 Å². The second kappa shape index (κ2) is 6.99. The lowest BCUT2D eigenvalue weighted by atomic mass is 9.95. The highest BCUT2D eigenvalue weighted by Gasteiger charge is 2.14. The second-order valence-corrected chi connectivity index (χ2v) is 6.61. The van der Waals surface area contributed by atoms with Gasteiger partial charge in [-0.05, 0) is 45.2 Å². The molecule has 1 aromatic heterocycles. The first-order valence-electron chi connectivity index (χ1n) is 8.56. The summed E-state index contributed by atoms with van der Waals surface area (Å²) in [7, 11) is 0. The average molecular weight is 310 g/mol. The van der Waals surface area contributed by atoms with Crippen LogP contribution in [0.15, 0.2) is 24.3 Å². The molecule has 1 aliphatic rings. The molecule has 2 N–H and O–H groups in total. The number of nitrogens with zero attached hydrogens (tertiary/aromatic N) is 2. The third-order valence-corrected chi connectivity index (χ3v) is 4.44. The summed E-state index contributed by atoms with van der Waals surface area (Å²) in [6.07, 6.45) is 6.47. The van der Waals surface area contributed by atoms with Crippen LogP contribution in [0.1, 0.15) is 49.1 Å². The van der Waals surface area contributed by atoms with Gasteiger partial charge in [0, 0.05) is 17.8 Å². The van der Waals surface area contributed by atoms with Crippen molar-refractivity contribution in [3.63, 3.8) is 0 Å². The zero-order chi connectivity index (χ0) is 16.2. The summed E-state index contributed by atoms with van der Waals surface area (Å²) in [4.78, 5) is 9.07. The summed E-state index contributed by atoms with van der Waals surface area (Å²) in [6.45, 7) is 6.17. The molecule has 23 heavy (non-hydrogen) atoms. The third kappa shape index (κ3) is 4.21. The Hall–Kier alpha value is -2.10. The number of benzene rings is 1. The van der Waals surface area contributed by atoms with E-state index in [1.807, 2.05) is 13.0 Å². The predicted octanol–water partition coefficient (Wildman–Crippen LogP) is 4.89. The van der Waals surface area contributed by atoms with Crippen LogP contribution in [0.25, 0.3) is 0 Å². The normalized spacial score (nSPS) is 15.4. The van der Waals surface area contributed by atoms with Gasteiger partial charge < -0.3 is 10.6 Å². The fraction of sp³-hybridized carbons (Fsp3) is 0.474. The van der Waals surface area contributed by atoms with E-state index in [1.165, 1.54) is 43.2 Å². The van der Waals surface area contributed by atoms with Crippen molar-refractivity contribution in [2.75, 3.05) is 10.6 Å². The van der Waals surface area contributed by atoms with E-state index < -0.39 is 0 Å². The molecule has 2 aromatic rings. The van der Waals surface area contributed by atoms with E-state index in [0.29, 0.717) is 6.04 Å². The average Bonchev–Trinajstić information content (AvgIpc) is 2.50. The minimum absolute atomic E-state index is 0.548. The van der Waals surface area contributed by atoms with Crippen molar-refractivity contribution in [1.82, 2.24) is 9.97 Å². The van der Waals surface area contributed by atoms with Crippen LogP contribution in [0.3, 0.4) is 0 Å². The molecule has 1 aliphatic carbocycles. The Morgan fingerprint density at radius 2 is 1.65 bits per heavy atom. The van der Waals surface area contributed by atoms with Gasteiger partial charge in [-0.25, -0.2) is 9.97 Å². The Labute approximate surface area is 138 Å². The molecule has 122 valence electrons. The van der Waals surface area contributed by atoms with Crippen LogP contribution >= 0.6 is 0 Å². The molecule has 0 spiro atoms. The number of rotatable bonds is 4. The molecule has 1 aromatic carbocycles. The lowest BCUT2D eigenvalue weighted by molar-refractivity contribution is 0.462. The van der Waals surface area contributed by atoms with Crippen LogP contribution in [-0.2, 0) is 0 Å². The summed E-state index contributed by atoms with van der Waals surface area (Å²) < 4.78 is 0. The van der Waals surface area contributed by atoms with Crippen molar-refractivity contribution in [2.45, 2.75) is 58.9 Å². The first-order chi connectivity index (χ1) is 11.1. The van der Waals surface area contributed by atoms with Gasteiger partial charge in [-0.3, -0.25) is 0 Å². The maximum absolute atomic E-state index is 4.54. The van der Waals surface area contributed by atoms with Crippen molar-refractivity contribution in [2.24, 2.45) is 0 Å². The van der Waals surface area contributed by atoms with Crippen molar-refractivity contribution >= 4 is 17.3 Å². The molecule has 0 aliphatic heterocycles. The van der Waals surface area contributed by atoms with Gasteiger partial charge in [0.05, 0.1) is 0 Å². The van der Waals surface area contributed by atoms with Gasteiger partial charge in [0.15, 0.2) is 0 Å². The zero-order valence-corrected chi connectivity index (χ0v) is 14.3. The number of nitrogens with one attached hydrogen (secondary N) is 2. The van der Waals surface area contributed by atoms with E-state index in [4.69, 9.17) is 0 Å². The van der Waals surface area contributed by atoms with Crippen molar-refractivity contribution < 1.29 is 0 Å². The lowest BCUT2D eigenvalue weighted by Crippen LogP contribution is -2.23. The first kappa shape index (κ1) is 15.8. The van der Waals surface area contributed by atoms with Crippen LogP contribution in [0.4, 0.5) is 17.3 Å². The Morgan fingerprint density at radius 3 is 2.39 bits per heavy atom. The molecule has 4 nitrogen and oxygen atoms in total. The number of aromatic nitrogens is 2. The van der Waals surface area contributed by atoms with Gasteiger partial charge in [0.25, 0.3) is 0 Å². The van der Waals surface area contributed by atoms with Crippen molar-refractivity contribution in [3.05, 3.63) is 41.2 Å². The van der Waals surface area contributed by atoms with Crippen LogP contribution < -0.4 is 10.6 Å². The number of hydrogen-bond acceptors (Lipinski definition) is 4. The molecule has 0 saturated heterocycles. The van der Waals surface area contributed by atoms with Crippen LogP contribution in [0, 0.1) is 20.8 Å². The summed E-state index contributed by atoms with van der Waals surface area (Å²) in [5.74, 6) is 2.57. The molecule has 0 atom stereocenters. The number of hydrogen-bond donors (Lipinski definition) is 2. The fourth-order valence-corrected chi connectivity index (χ4v) is 3.25. The summed E-state index contributed by atoms with van der Waals surface area (Å²) in [6, 6.07) is 8.96. The molecular weight excluding hydrogens is 284 g/mol. The topological polar surface area (TPSA) is 49.8 Å². The highest BCUT2D eigenvalue weighted by Crippen LogP contribution is 2.24. The zero-order valence-electron chi connectivity index (χ0n) is 14.3. The quantitative estimate of drug-likeness (QED) is 0.844. The lowest BCUT2D eigenvalue weighted by Gasteiger charge is -2.23. The molecule has 0 unspecified atom stereocenters. The summed E-state index contributed by atoms with van der Waals surface area (Å²) in [5.41, 5.74) is 3.59. The molecule has 1 saturated carbocycles. The van der Waals surface area contributed by atoms with E-state index in [2.05, 4.69) is 52.6 Å². The monoisotopic (exact) mass is 310 g/mol. The van der Waals surface area contributed by atoms with Gasteiger partial charge in [0.1, 0.15) is 17.5 Å². The van der Waals surface area contributed by atoms with E-state index in [9.17, 15) is 0 Å². The van der Waals surface area contributed by atoms with Gasteiger partial charge in [-0.15, -0.1) is 0 Å². The van der Waals surface area contributed by atoms with Crippen molar-refractivity contribution in [1.29, 1.82) is 0 Å². The molecule has 0 amide bonds. The van der Waals surface area contributed by atoms with E-state index in [0.717, 1.165) is 23.1 Å². The van der Waals surface area contributed by atoms with E-state index in [1.54, 1.807) is 0 Å². The van der Waals surface area contributed by atoms with Crippen molar-refractivity contribution in [3.8, 4) is 0 Å². The molecule has 4 heteroatoms. The largest absolute Gasteiger partial charge is 0.367 e. The van der Waals surface area contributed by atoms with Gasteiger partial charge in [-0.2, -0.15) is 0 Å². The van der Waals surface area contributed by atoms with Gasteiger partial charge in [-0.1, -0.05) is 37.0 Å². The molecule has 1 heterocycles. The number of aryl methyl sites for hydroxylation is 3. The standard InChI is InChI=1S/C19H26N4/c1-13-9-10-17(14(2)11-13)23-19-12-18(20-15(3)21-19)22-16-7-5-4-6-8-16/h9-12,16H,4-8H2,1-3H3,(H2,20,21,22,23). The predicted molar refractivity (Wildman–Crippen MR) is 96.5 cm³/mol. The Morgan fingerprint density at radius 1 is 0.913 bits per heavy atom. The molecule has 0 bridgehead atoms. The molecule has 3 rings (SSSR count). The van der Waals surface area contributed by atoms with E-state index in [-0.39, 0.29) is 0 Å². The minimum atomic E-state index is 0.548. The highest BCUT2D eigenvalue weighted by atomic mass is 15.1. The maximum Gasteiger partial charge on any atom is 0.136 e. The first-order valence-corrected chi connectivity index (χ1v) is 8.56. The van der Waals surface area contributed by atoms with Crippen LogP contribution in [0.5, 0.6) is 0 Å². The number of anilines is 3. The highest BCUT2D eigenvalue weighted by molar-refractivity contribution is 5.63. The molecule has 1 fully saturated rings. The maximum atomic E-state index is 4.54. The molecule has 0 radical (unpaired) electrons.